The van der Waals surface area contributed by atoms with Crippen LogP contribution in [0.3, 0.4) is 0 Å². The summed E-state index contributed by atoms with van der Waals surface area (Å²) in [5.41, 5.74) is 2.57. The van der Waals surface area contributed by atoms with E-state index in [-0.39, 0.29) is 23.4 Å². The van der Waals surface area contributed by atoms with Gasteiger partial charge in [0.25, 0.3) is 5.91 Å². The van der Waals surface area contributed by atoms with E-state index in [1.807, 2.05) is 6.92 Å². The van der Waals surface area contributed by atoms with Crippen molar-refractivity contribution in [2.45, 2.75) is 117 Å². The second-order valence-corrected chi connectivity index (χ2v) is 13.5. The zero-order chi connectivity index (χ0) is 29.9. The minimum atomic E-state index is -1.09. The Kier molecular flexibility index (Phi) is 9.64. The molecule has 4 rings (SSSR count). The molecule has 3 fully saturated rings. The summed E-state index contributed by atoms with van der Waals surface area (Å²) in [5.74, 6) is 0.427. The van der Waals surface area contributed by atoms with Gasteiger partial charge in [-0.15, -0.1) is 0 Å². The van der Waals surface area contributed by atoms with E-state index in [2.05, 4.69) is 35.7 Å². The van der Waals surface area contributed by atoms with Gasteiger partial charge in [-0.3, -0.25) is 14.4 Å². The summed E-state index contributed by atoms with van der Waals surface area (Å²) in [6, 6.07) is -1.86. The first kappa shape index (κ1) is 31.2. The molecule has 0 spiro atoms. The van der Waals surface area contributed by atoms with Crippen LogP contribution in [-0.4, -0.2) is 53.1 Å². The molecule has 2 amide bonds. The molecule has 8 atom stereocenters. The number of allylic oxidation sites excluding steroid dienone is 2. The molecule has 4 aliphatic rings. The molecule has 0 aromatic rings. The molecule has 228 valence electrons. The van der Waals surface area contributed by atoms with Crippen molar-refractivity contribution in [1.82, 2.24) is 10.6 Å². The van der Waals surface area contributed by atoms with Crippen molar-refractivity contribution < 1.29 is 29.1 Å². The fourth-order valence-electron chi connectivity index (χ4n) is 8.80. The molecule has 3 N–H and O–H groups in total. The second kappa shape index (κ2) is 12.7. The van der Waals surface area contributed by atoms with E-state index in [1.54, 1.807) is 6.92 Å². The van der Waals surface area contributed by atoms with Crippen LogP contribution >= 0.6 is 0 Å². The smallest absolute Gasteiger partial charge is 0.326 e. The summed E-state index contributed by atoms with van der Waals surface area (Å²) in [6.45, 7) is 9.73. The minimum absolute atomic E-state index is 0.142. The lowest BCUT2D eigenvalue weighted by Gasteiger charge is -2.58. The van der Waals surface area contributed by atoms with E-state index >= 15 is 0 Å². The molecule has 41 heavy (non-hydrogen) atoms. The molecule has 0 heterocycles. The van der Waals surface area contributed by atoms with Crippen LogP contribution in [-0.2, 0) is 24.0 Å². The highest BCUT2D eigenvalue weighted by molar-refractivity contribution is 5.96. The number of carbonyl (C=O) groups excluding carboxylic acids is 3. The Hall–Kier alpha value is -2.71. The van der Waals surface area contributed by atoms with Gasteiger partial charge in [-0.05, 0) is 106 Å². The number of hydrogen-bond donors (Lipinski definition) is 3. The molecule has 3 saturated carbocycles. The van der Waals surface area contributed by atoms with E-state index in [0.29, 0.717) is 36.4 Å². The number of nitrogens with zero attached hydrogens (tertiary/aromatic N) is 1. The van der Waals surface area contributed by atoms with E-state index in [1.165, 1.54) is 25.3 Å². The number of hydrogen-bond acceptors (Lipinski definition) is 6. The summed E-state index contributed by atoms with van der Waals surface area (Å²) in [6.07, 6.45) is 12.6. The monoisotopic (exact) mass is 571 g/mol. The third-order valence-electron chi connectivity index (χ3n) is 11.1. The predicted molar refractivity (Wildman–Crippen MR) is 156 cm³/mol. The number of rotatable bonds is 11. The van der Waals surface area contributed by atoms with Crippen molar-refractivity contribution in [1.29, 1.82) is 0 Å². The highest BCUT2D eigenvalue weighted by Crippen LogP contribution is 2.66. The SMILES string of the molecule is CCCC[C@@H](NC(=O)[C@@H](C)NC(=O)CO/N=C1\C=C2CC[C@H]3[C@@H]4CC[C@H](C(C)=O)[C@@]4(C)CC[C@@H]3[C@@]2(C)CC1)C(=O)O. The molecule has 0 radical (unpaired) electrons. The largest absolute Gasteiger partial charge is 0.480 e. The third-order valence-corrected chi connectivity index (χ3v) is 11.1. The van der Waals surface area contributed by atoms with Crippen LogP contribution in [0.25, 0.3) is 0 Å². The van der Waals surface area contributed by atoms with Crippen molar-refractivity contribution in [3.05, 3.63) is 11.6 Å². The zero-order valence-corrected chi connectivity index (χ0v) is 25.5. The fourth-order valence-corrected chi connectivity index (χ4v) is 8.80. The second-order valence-electron chi connectivity index (χ2n) is 13.5. The van der Waals surface area contributed by atoms with E-state index in [9.17, 15) is 24.3 Å². The van der Waals surface area contributed by atoms with Crippen molar-refractivity contribution in [3.63, 3.8) is 0 Å². The number of carbonyl (C=O) groups is 4. The van der Waals surface area contributed by atoms with Crippen LogP contribution in [0.4, 0.5) is 0 Å². The Bertz CT molecular complexity index is 1100. The maximum Gasteiger partial charge on any atom is 0.326 e. The van der Waals surface area contributed by atoms with Crippen molar-refractivity contribution >= 4 is 29.3 Å². The Morgan fingerprint density at radius 2 is 1.83 bits per heavy atom. The van der Waals surface area contributed by atoms with Crippen LogP contribution in [0.15, 0.2) is 16.8 Å². The average Bonchev–Trinajstić information content (AvgIpc) is 3.28. The molecule has 4 aliphatic carbocycles. The highest BCUT2D eigenvalue weighted by Gasteiger charge is 2.59. The summed E-state index contributed by atoms with van der Waals surface area (Å²) in [4.78, 5) is 53.9. The van der Waals surface area contributed by atoms with Crippen LogP contribution < -0.4 is 10.6 Å². The molecule has 0 aromatic carbocycles. The van der Waals surface area contributed by atoms with Gasteiger partial charge in [0.15, 0.2) is 6.61 Å². The van der Waals surface area contributed by atoms with Gasteiger partial charge in [0, 0.05) is 5.92 Å². The van der Waals surface area contributed by atoms with Crippen molar-refractivity contribution in [2.24, 2.45) is 39.7 Å². The van der Waals surface area contributed by atoms with Gasteiger partial charge in [0.05, 0.1) is 5.71 Å². The molecular formula is C32H49N3O6. The molecule has 0 bridgehead atoms. The summed E-state index contributed by atoms with van der Waals surface area (Å²) in [5, 5.41) is 18.6. The Balaban J connectivity index is 1.30. The molecular weight excluding hydrogens is 522 g/mol. The van der Waals surface area contributed by atoms with E-state index in [4.69, 9.17) is 4.84 Å². The van der Waals surface area contributed by atoms with Gasteiger partial charge in [0.2, 0.25) is 5.91 Å². The van der Waals surface area contributed by atoms with Gasteiger partial charge in [-0.25, -0.2) is 4.79 Å². The standard InChI is InChI=1S/C32H49N3O6/c1-6-7-8-27(30(39)40)34-29(38)19(2)33-28(37)18-41-35-22-13-15-31(4)21(17-22)9-10-23-25-12-11-24(20(3)36)32(25,5)16-14-26(23)31/h17,19,23-27H,6-16,18H2,1-5H3,(H,33,37)(H,34,38)(H,39,40)/b35-22-/t19-,23+,24-,25+,26+,27-,31+,32-/m1/s1. The summed E-state index contributed by atoms with van der Waals surface area (Å²) >= 11 is 0. The summed E-state index contributed by atoms with van der Waals surface area (Å²) < 4.78 is 0. The average molecular weight is 572 g/mol. The lowest BCUT2D eigenvalue weighted by atomic mass is 9.46. The minimum Gasteiger partial charge on any atom is -0.480 e. The maximum atomic E-state index is 12.4. The number of Topliss-reactive ketones (excluding diaryl/α,β-unsaturated/α-hetero) is 1. The Morgan fingerprint density at radius 1 is 1.07 bits per heavy atom. The van der Waals surface area contributed by atoms with E-state index < -0.39 is 29.9 Å². The first-order chi connectivity index (χ1) is 19.4. The van der Waals surface area contributed by atoms with Crippen molar-refractivity contribution in [2.75, 3.05) is 6.61 Å². The van der Waals surface area contributed by atoms with Crippen LogP contribution in [0.2, 0.25) is 0 Å². The normalized spacial score (nSPS) is 34.8. The van der Waals surface area contributed by atoms with Crippen LogP contribution in [0.1, 0.15) is 105 Å². The van der Waals surface area contributed by atoms with E-state index in [0.717, 1.165) is 50.7 Å². The van der Waals surface area contributed by atoms with Crippen LogP contribution in [0, 0.1) is 34.5 Å². The fraction of sp³-hybridized carbons (Fsp3) is 0.781. The number of carboxylic acid groups (broad SMARTS) is 1. The lowest BCUT2D eigenvalue weighted by Crippen LogP contribution is -2.51. The Morgan fingerprint density at radius 3 is 2.51 bits per heavy atom. The van der Waals surface area contributed by atoms with Gasteiger partial charge < -0.3 is 20.6 Å². The number of carboxylic acids is 1. The third kappa shape index (κ3) is 6.38. The molecule has 9 heteroatoms. The maximum absolute atomic E-state index is 12.4. The van der Waals surface area contributed by atoms with Gasteiger partial charge >= 0.3 is 5.97 Å². The molecule has 0 unspecified atom stereocenters. The number of oxime groups is 1. The topological polar surface area (TPSA) is 134 Å². The number of aliphatic carboxylic acids is 1. The number of unbranched alkanes of at least 4 members (excludes halogenated alkanes) is 1. The molecule has 0 saturated heterocycles. The lowest BCUT2D eigenvalue weighted by molar-refractivity contribution is -0.142. The first-order valence-electron chi connectivity index (χ1n) is 15.6. The number of ketones is 1. The Labute approximate surface area is 244 Å². The predicted octanol–water partition coefficient (Wildman–Crippen LogP) is 4.79. The molecule has 0 aliphatic heterocycles. The number of fused-ring (bicyclic) bond motifs is 5. The van der Waals surface area contributed by atoms with Gasteiger partial charge in [-0.2, -0.15) is 0 Å². The number of nitrogens with one attached hydrogen (secondary N) is 2. The van der Waals surface area contributed by atoms with Gasteiger partial charge in [-0.1, -0.05) is 44.3 Å². The first-order valence-corrected chi connectivity index (χ1v) is 15.6. The van der Waals surface area contributed by atoms with Crippen molar-refractivity contribution in [3.8, 4) is 0 Å². The number of amides is 2. The molecule has 9 nitrogen and oxygen atoms in total. The quantitative estimate of drug-likeness (QED) is 0.305. The zero-order valence-electron chi connectivity index (χ0n) is 25.5. The van der Waals surface area contributed by atoms with Gasteiger partial charge in [0.1, 0.15) is 17.9 Å². The van der Waals surface area contributed by atoms with Crippen LogP contribution in [0.5, 0.6) is 0 Å². The summed E-state index contributed by atoms with van der Waals surface area (Å²) in [7, 11) is 0. The highest BCUT2D eigenvalue weighted by atomic mass is 16.6. The molecule has 0 aromatic heterocycles.